The molecular formula is C30H37N3O4S. The Bertz CT molecular complexity index is 1220. The molecule has 3 amide bonds. The number of carbonyl (C=O) groups excluding carboxylic acids is 3. The molecular weight excluding hydrogens is 498 g/mol. The second-order valence-electron chi connectivity index (χ2n) is 11.2. The summed E-state index contributed by atoms with van der Waals surface area (Å²) < 4.78 is -1.07. The van der Waals surface area contributed by atoms with Crippen molar-refractivity contribution in [3.8, 4) is 0 Å². The number of likely N-dealkylation sites (tertiary alicyclic amines) is 1. The number of carbonyl (C=O) groups is 3. The lowest BCUT2D eigenvalue weighted by molar-refractivity contribution is -0.139. The van der Waals surface area contributed by atoms with E-state index in [2.05, 4.69) is 17.6 Å². The van der Waals surface area contributed by atoms with Crippen molar-refractivity contribution >= 4 is 40.9 Å². The molecule has 0 aliphatic carbocycles. The van der Waals surface area contributed by atoms with Crippen LogP contribution in [-0.4, -0.2) is 56.4 Å². The van der Waals surface area contributed by atoms with Gasteiger partial charge in [-0.3, -0.25) is 14.4 Å². The van der Waals surface area contributed by atoms with Gasteiger partial charge in [0.25, 0.3) is 0 Å². The van der Waals surface area contributed by atoms with Crippen LogP contribution in [0.3, 0.4) is 0 Å². The Hall–Kier alpha value is -2.84. The third-order valence-electron chi connectivity index (χ3n) is 8.64. The Morgan fingerprint density at radius 2 is 1.68 bits per heavy atom. The van der Waals surface area contributed by atoms with Crippen molar-refractivity contribution in [1.29, 1.82) is 0 Å². The number of unbranched alkanes of at least 4 members (excludes halogenated alkanes) is 2. The van der Waals surface area contributed by atoms with Gasteiger partial charge >= 0.3 is 0 Å². The minimum absolute atomic E-state index is 0.0974. The first kappa shape index (κ1) is 26.8. The summed E-state index contributed by atoms with van der Waals surface area (Å²) in [5.41, 5.74) is 3.44. The first-order valence-corrected chi connectivity index (χ1v) is 14.4. The van der Waals surface area contributed by atoms with Crippen molar-refractivity contribution in [3.63, 3.8) is 0 Å². The standard InChI is InChI=1S/C30H37N3O4S/c1-19-11-10-12-20(2)24(19)32-27(36)25-30-16-15-29(3,38-30)22(26(35)31-21-13-6-4-7-14-21)23(30)28(37)33(25)17-8-5-9-18-34/h4,6-7,10-14,22-23,25,34H,5,8-9,15-18H2,1-3H3,(H,31,35)(H,32,36)/t22-,23-,25?,29+,30?/m0/s1. The van der Waals surface area contributed by atoms with E-state index >= 15 is 0 Å². The lowest BCUT2D eigenvalue weighted by Crippen LogP contribution is -2.52. The molecule has 202 valence electrons. The number of para-hydroxylation sites is 2. The summed E-state index contributed by atoms with van der Waals surface area (Å²) in [4.78, 5) is 43.7. The predicted octanol–water partition coefficient (Wildman–Crippen LogP) is 4.52. The van der Waals surface area contributed by atoms with Gasteiger partial charge in [0.15, 0.2) is 0 Å². The third kappa shape index (κ3) is 4.41. The molecule has 5 atom stereocenters. The predicted molar refractivity (Wildman–Crippen MR) is 151 cm³/mol. The molecule has 7 nitrogen and oxygen atoms in total. The maximum Gasteiger partial charge on any atom is 0.248 e. The summed E-state index contributed by atoms with van der Waals surface area (Å²) >= 11 is 1.68. The number of fused-ring (bicyclic) bond motifs is 1. The molecule has 8 heteroatoms. The largest absolute Gasteiger partial charge is 0.396 e. The highest BCUT2D eigenvalue weighted by Crippen LogP contribution is 2.71. The van der Waals surface area contributed by atoms with Gasteiger partial charge in [-0.05, 0) is 76.1 Å². The number of nitrogens with zero attached hydrogens (tertiary/aromatic N) is 1. The Labute approximate surface area is 228 Å². The molecule has 38 heavy (non-hydrogen) atoms. The van der Waals surface area contributed by atoms with E-state index in [1.54, 1.807) is 16.7 Å². The van der Waals surface area contributed by atoms with Crippen LogP contribution in [0.5, 0.6) is 0 Å². The zero-order valence-corrected chi connectivity index (χ0v) is 23.1. The Morgan fingerprint density at radius 1 is 0.974 bits per heavy atom. The quantitative estimate of drug-likeness (QED) is 0.410. The fourth-order valence-corrected chi connectivity index (χ4v) is 9.24. The molecule has 0 aromatic heterocycles. The number of rotatable bonds is 9. The zero-order valence-electron chi connectivity index (χ0n) is 22.3. The van der Waals surface area contributed by atoms with Crippen LogP contribution < -0.4 is 10.6 Å². The highest BCUT2D eigenvalue weighted by molar-refractivity contribution is 8.02. The molecule has 3 aliphatic heterocycles. The van der Waals surface area contributed by atoms with Crippen LogP contribution >= 0.6 is 11.8 Å². The van der Waals surface area contributed by atoms with E-state index in [4.69, 9.17) is 0 Å². The van der Waals surface area contributed by atoms with Crippen LogP contribution in [-0.2, 0) is 14.4 Å². The Morgan fingerprint density at radius 3 is 2.37 bits per heavy atom. The maximum atomic E-state index is 14.1. The summed E-state index contributed by atoms with van der Waals surface area (Å²) in [7, 11) is 0. The molecule has 3 heterocycles. The first-order chi connectivity index (χ1) is 18.2. The van der Waals surface area contributed by atoms with Crippen LogP contribution in [0, 0.1) is 25.7 Å². The number of amides is 3. The number of aryl methyl sites for hydroxylation is 2. The van der Waals surface area contributed by atoms with Crippen molar-refractivity contribution in [3.05, 3.63) is 59.7 Å². The van der Waals surface area contributed by atoms with E-state index in [0.717, 1.165) is 36.1 Å². The number of hydrogen-bond donors (Lipinski definition) is 3. The Kier molecular flexibility index (Phi) is 7.31. The van der Waals surface area contributed by atoms with E-state index in [1.807, 2.05) is 62.4 Å². The zero-order chi connectivity index (χ0) is 27.1. The smallest absolute Gasteiger partial charge is 0.248 e. The topological polar surface area (TPSA) is 98.7 Å². The van der Waals surface area contributed by atoms with Crippen molar-refractivity contribution in [1.82, 2.24) is 4.90 Å². The summed E-state index contributed by atoms with van der Waals surface area (Å²) in [6.07, 6.45) is 3.62. The summed E-state index contributed by atoms with van der Waals surface area (Å²) in [5.74, 6) is -1.50. The number of benzene rings is 2. The highest BCUT2D eigenvalue weighted by Gasteiger charge is 2.77. The molecule has 2 unspecified atom stereocenters. The fraction of sp³-hybridized carbons (Fsp3) is 0.500. The van der Waals surface area contributed by atoms with E-state index < -0.39 is 27.4 Å². The molecule has 0 saturated carbocycles. The number of nitrogens with one attached hydrogen (secondary N) is 2. The van der Waals surface area contributed by atoms with Crippen LogP contribution in [0.2, 0.25) is 0 Å². The van der Waals surface area contributed by atoms with Gasteiger partial charge in [-0.25, -0.2) is 0 Å². The minimum atomic E-state index is -0.658. The second kappa shape index (κ2) is 10.4. The molecule has 5 rings (SSSR count). The third-order valence-corrected chi connectivity index (χ3v) is 10.6. The van der Waals surface area contributed by atoms with E-state index in [-0.39, 0.29) is 24.3 Å². The first-order valence-electron chi connectivity index (χ1n) is 13.6. The molecule has 3 fully saturated rings. The van der Waals surface area contributed by atoms with Gasteiger partial charge in [0.1, 0.15) is 6.04 Å². The Balaban J connectivity index is 1.49. The molecule has 3 aliphatic rings. The number of aliphatic hydroxyl groups excluding tert-OH is 1. The van der Waals surface area contributed by atoms with E-state index in [1.165, 1.54) is 0 Å². The molecule has 0 radical (unpaired) electrons. The lowest BCUT2D eigenvalue weighted by Gasteiger charge is -2.35. The normalized spacial score (nSPS) is 29.4. The number of hydrogen-bond acceptors (Lipinski definition) is 5. The van der Waals surface area contributed by atoms with Crippen LogP contribution in [0.1, 0.15) is 50.2 Å². The molecule has 1 spiro atoms. The second-order valence-corrected chi connectivity index (χ2v) is 13.1. The summed E-state index contributed by atoms with van der Waals surface area (Å²) in [5, 5.41) is 15.5. The lowest BCUT2D eigenvalue weighted by atomic mass is 9.66. The van der Waals surface area contributed by atoms with Crippen LogP contribution in [0.25, 0.3) is 0 Å². The number of thioether (sulfide) groups is 1. The van der Waals surface area contributed by atoms with E-state index in [0.29, 0.717) is 25.1 Å². The average Bonchev–Trinajstić information content (AvgIpc) is 3.45. The van der Waals surface area contributed by atoms with Gasteiger partial charge in [0.05, 0.1) is 16.6 Å². The molecule has 3 saturated heterocycles. The van der Waals surface area contributed by atoms with Gasteiger partial charge in [-0.2, -0.15) is 0 Å². The van der Waals surface area contributed by atoms with Gasteiger partial charge in [0, 0.05) is 29.3 Å². The van der Waals surface area contributed by atoms with Gasteiger partial charge in [-0.1, -0.05) is 36.4 Å². The SMILES string of the molecule is Cc1cccc(C)c1NC(=O)C1N(CCCCCO)C(=O)[C@@H]2[C@@H](C(=O)Nc3ccccc3)[C@@]3(C)CCC12S3. The van der Waals surface area contributed by atoms with Crippen LogP contribution in [0.15, 0.2) is 48.5 Å². The highest BCUT2D eigenvalue weighted by atomic mass is 32.2. The molecule has 3 N–H and O–H groups in total. The fourth-order valence-electron chi connectivity index (χ4n) is 6.88. The maximum absolute atomic E-state index is 14.1. The number of anilines is 2. The monoisotopic (exact) mass is 535 g/mol. The number of aliphatic hydroxyl groups is 1. The minimum Gasteiger partial charge on any atom is -0.396 e. The van der Waals surface area contributed by atoms with Crippen LogP contribution in [0.4, 0.5) is 11.4 Å². The molecule has 2 aromatic carbocycles. The average molecular weight is 536 g/mol. The van der Waals surface area contributed by atoms with Crippen molar-refractivity contribution in [2.75, 3.05) is 23.8 Å². The summed E-state index contributed by atoms with van der Waals surface area (Å²) in [6.45, 7) is 6.56. The van der Waals surface area contributed by atoms with Crippen molar-refractivity contribution in [2.45, 2.75) is 68.4 Å². The van der Waals surface area contributed by atoms with Crippen molar-refractivity contribution < 1.29 is 19.5 Å². The van der Waals surface area contributed by atoms with Gasteiger partial charge < -0.3 is 20.6 Å². The molecule has 2 bridgehead atoms. The summed E-state index contributed by atoms with van der Waals surface area (Å²) in [6, 6.07) is 14.6. The van der Waals surface area contributed by atoms with Gasteiger partial charge in [0.2, 0.25) is 17.7 Å². The van der Waals surface area contributed by atoms with Crippen molar-refractivity contribution in [2.24, 2.45) is 11.8 Å². The van der Waals surface area contributed by atoms with E-state index in [9.17, 15) is 19.5 Å². The van der Waals surface area contributed by atoms with Gasteiger partial charge in [-0.15, -0.1) is 11.8 Å². The molecule has 2 aromatic rings.